The number of aromatic nitrogens is 2. The second-order valence-electron chi connectivity index (χ2n) is 7.76. The highest BCUT2D eigenvalue weighted by Gasteiger charge is 2.42. The summed E-state index contributed by atoms with van der Waals surface area (Å²) < 4.78 is 5.93. The smallest absolute Gasteiger partial charge is 0.253 e. The summed E-state index contributed by atoms with van der Waals surface area (Å²) in [5.74, 6) is 1.38. The van der Waals surface area contributed by atoms with Crippen LogP contribution in [0, 0.1) is 13.8 Å². The average molecular weight is 335 g/mol. The predicted octanol–water partition coefficient (Wildman–Crippen LogP) is 3.26. The van der Waals surface area contributed by atoms with E-state index in [9.17, 15) is 0 Å². The van der Waals surface area contributed by atoms with Crippen LogP contribution in [0.15, 0.2) is 11.4 Å². The molecule has 1 aromatic rings. The molecule has 2 atom stereocenters. The van der Waals surface area contributed by atoms with E-state index in [0.29, 0.717) is 6.17 Å². The van der Waals surface area contributed by atoms with Crippen molar-refractivity contribution in [3.63, 3.8) is 0 Å². The van der Waals surface area contributed by atoms with Gasteiger partial charge in [0.05, 0.1) is 32.9 Å². The summed E-state index contributed by atoms with van der Waals surface area (Å²) in [5, 5.41) is 0. The number of quaternary nitrogens is 1. The maximum absolute atomic E-state index is 2.51. The molecule has 4 heteroatoms. The lowest BCUT2D eigenvalue weighted by Crippen LogP contribution is -2.50. The molecule has 24 heavy (non-hydrogen) atoms. The van der Waals surface area contributed by atoms with Gasteiger partial charge in [-0.15, -0.1) is 0 Å². The molecule has 0 saturated carbocycles. The molecule has 1 aromatic heterocycles. The molecule has 0 aliphatic carbocycles. The molecule has 4 nitrogen and oxygen atoms in total. The van der Waals surface area contributed by atoms with Crippen LogP contribution in [0.5, 0.6) is 0 Å². The Morgan fingerprint density at radius 3 is 2.21 bits per heavy atom. The zero-order valence-corrected chi connectivity index (χ0v) is 17.4. The van der Waals surface area contributed by atoms with Gasteiger partial charge in [0, 0.05) is 47.6 Å². The van der Waals surface area contributed by atoms with Gasteiger partial charge in [-0.3, -0.25) is 4.48 Å². The van der Waals surface area contributed by atoms with Gasteiger partial charge in [-0.25, -0.2) is 9.13 Å². The summed E-state index contributed by atoms with van der Waals surface area (Å²) in [4.78, 5) is 2.43. The Kier molecular flexibility index (Phi) is 5.48. The molecular weight excluding hydrogens is 296 g/mol. The van der Waals surface area contributed by atoms with Gasteiger partial charge in [0.25, 0.3) is 5.82 Å². The summed E-state index contributed by atoms with van der Waals surface area (Å²) in [6.07, 6.45) is 4.17. The summed E-state index contributed by atoms with van der Waals surface area (Å²) in [6.45, 7) is 16.0. The highest BCUT2D eigenvalue weighted by atomic mass is 15.5. The molecule has 2 heterocycles. The molecule has 1 aliphatic rings. The van der Waals surface area contributed by atoms with E-state index < -0.39 is 0 Å². The van der Waals surface area contributed by atoms with Gasteiger partial charge in [0.1, 0.15) is 17.1 Å². The molecule has 2 rings (SSSR count). The van der Waals surface area contributed by atoms with E-state index in [2.05, 4.69) is 76.7 Å². The van der Waals surface area contributed by atoms with Crippen LogP contribution in [-0.4, -0.2) is 40.8 Å². The van der Waals surface area contributed by atoms with Crippen molar-refractivity contribution in [2.24, 2.45) is 7.05 Å². The Balaban J connectivity index is 2.00. The van der Waals surface area contributed by atoms with Crippen molar-refractivity contribution in [2.45, 2.75) is 73.5 Å². The zero-order chi connectivity index (χ0) is 18.2. The van der Waals surface area contributed by atoms with Crippen LogP contribution in [-0.2, 0) is 20.0 Å². The molecule has 0 aromatic carbocycles. The van der Waals surface area contributed by atoms with Crippen LogP contribution in [0.4, 0.5) is 0 Å². The van der Waals surface area contributed by atoms with E-state index in [1.165, 1.54) is 48.0 Å². The molecule has 2 unspecified atom stereocenters. The molecule has 0 N–H and O–H groups in total. The molecule has 0 fully saturated rings. The van der Waals surface area contributed by atoms with Gasteiger partial charge in [0.2, 0.25) is 0 Å². The minimum atomic E-state index is 0.546. The summed E-state index contributed by atoms with van der Waals surface area (Å²) in [6, 6.07) is 0. The quantitative estimate of drug-likeness (QED) is 0.442. The standard InChI is InChI=1S/C20H38N4/c1-10-20-16(3)23(18(5)22(20)8)13-11-12-14-24(9)17(4)15(2)21(7)19(24)6/h19H,10-14H2,1-9H3/q+2. The third-order valence-corrected chi connectivity index (χ3v) is 6.90. The van der Waals surface area contributed by atoms with Gasteiger partial charge in [-0.2, -0.15) is 0 Å². The predicted molar refractivity (Wildman–Crippen MR) is 100 cm³/mol. The van der Waals surface area contributed by atoms with Gasteiger partial charge in [-0.05, 0) is 13.3 Å². The maximum atomic E-state index is 2.51. The first-order chi connectivity index (χ1) is 11.2. The zero-order valence-electron chi connectivity index (χ0n) is 17.4. The van der Waals surface area contributed by atoms with E-state index in [-0.39, 0.29) is 0 Å². The number of rotatable bonds is 6. The van der Waals surface area contributed by atoms with E-state index in [0.717, 1.165) is 17.4 Å². The van der Waals surface area contributed by atoms with Crippen LogP contribution in [0.3, 0.4) is 0 Å². The number of hydrogen-bond donors (Lipinski definition) is 0. The Labute approximate surface area is 149 Å². The second-order valence-corrected chi connectivity index (χ2v) is 7.76. The van der Waals surface area contributed by atoms with Crippen molar-refractivity contribution in [1.82, 2.24) is 9.47 Å². The summed E-state index contributed by atoms with van der Waals surface area (Å²) in [7, 11) is 6.82. The molecule has 0 radical (unpaired) electrons. The summed E-state index contributed by atoms with van der Waals surface area (Å²) in [5.41, 5.74) is 5.88. The lowest BCUT2D eigenvalue weighted by Gasteiger charge is -2.37. The van der Waals surface area contributed by atoms with Crippen LogP contribution >= 0.6 is 0 Å². The lowest BCUT2D eigenvalue weighted by molar-refractivity contribution is -0.898. The number of allylic oxidation sites excluding steroid dienone is 2. The minimum Gasteiger partial charge on any atom is -0.324 e. The highest BCUT2D eigenvalue weighted by molar-refractivity contribution is 5.09. The van der Waals surface area contributed by atoms with Crippen LogP contribution in [0.1, 0.15) is 57.7 Å². The fraction of sp³-hybridized carbons (Fsp3) is 0.750. The first kappa shape index (κ1) is 19.0. The van der Waals surface area contributed by atoms with E-state index >= 15 is 0 Å². The first-order valence-corrected chi connectivity index (χ1v) is 9.47. The van der Waals surface area contributed by atoms with Gasteiger partial charge in [0.15, 0.2) is 6.17 Å². The molecule has 0 amide bonds. The van der Waals surface area contributed by atoms with Crippen molar-refractivity contribution < 1.29 is 9.05 Å². The van der Waals surface area contributed by atoms with Crippen LogP contribution < -0.4 is 4.57 Å². The van der Waals surface area contributed by atoms with Crippen molar-refractivity contribution in [2.75, 3.05) is 20.6 Å². The Morgan fingerprint density at radius 2 is 1.75 bits per heavy atom. The van der Waals surface area contributed by atoms with E-state index in [1.807, 2.05) is 0 Å². The van der Waals surface area contributed by atoms with Gasteiger partial charge in [-0.1, -0.05) is 6.92 Å². The second kappa shape index (κ2) is 6.91. The monoisotopic (exact) mass is 334 g/mol. The number of nitrogens with zero attached hydrogens (tertiary/aromatic N) is 4. The van der Waals surface area contributed by atoms with E-state index in [1.54, 1.807) is 0 Å². The molecular formula is C20H38N4+2. The van der Waals surface area contributed by atoms with Gasteiger partial charge >= 0.3 is 0 Å². The lowest BCUT2D eigenvalue weighted by atomic mass is 10.2. The van der Waals surface area contributed by atoms with Crippen molar-refractivity contribution in [3.05, 3.63) is 28.6 Å². The Hall–Kier alpha value is -1.29. The fourth-order valence-electron chi connectivity index (χ4n) is 4.47. The SMILES string of the molecule is CCc1c(C)n(CCCC[N+]2(C)C(C)=C(C)N(C)C2C)c(C)[n+]1C. The molecule has 136 valence electrons. The molecule has 1 aliphatic heterocycles. The third kappa shape index (κ3) is 2.90. The Bertz CT molecular complexity index is 641. The largest absolute Gasteiger partial charge is 0.324 e. The maximum Gasteiger partial charge on any atom is 0.253 e. The van der Waals surface area contributed by atoms with Crippen LogP contribution in [0.2, 0.25) is 0 Å². The van der Waals surface area contributed by atoms with Crippen molar-refractivity contribution in [1.29, 1.82) is 0 Å². The molecule has 0 bridgehead atoms. The first-order valence-electron chi connectivity index (χ1n) is 9.47. The fourth-order valence-corrected chi connectivity index (χ4v) is 4.47. The highest BCUT2D eigenvalue weighted by Crippen LogP contribution is 2.34. The average Bonchev–Trinajstić information content (AvgIpc) is 2.85. The summed E-state index contributed by atoms with van der Waals surface area (Å²) >= 11 is 0. The van der Waals surface area contributed by atoms with Crippen molar-refractivity contribution in [3.8, 4) is 0 Å². The topological polar surface area (TPSA) is 12.1 Å². The normalized spacial score (nSPS) is 24.4. The number of hydrogen-bond acceptors (Lipinski definition) is 1. The van der Waals surface area contributed by atoms with Gasteiger partial charge < -0.3 is 4.90 Å². The Morgan fingerprint density at radius 1 is 1.12 bits per heavy atom. The number of unbranched alkanes of at least 4 members (excludes halogenated alkanes) is 1. The van der Waals surface area contributed by atoms with Crippen molar-refractivity contribution >= 4 is 0 Å². The number of imidazole rings is 1. The molecule has 0 saturated heterocycles. The minimum absolute atomic E-state index is 0.546. The molecule has 0 spiro atoms. The van der Waals surface area contributed by atoms with E-state index in [4.69, 9.17) is 0 Å². The van der Waals surface area contributed by atoms with Crippen LogP contribution in [0.25, 0.3) is 0 Å². The third-order valence-electron chi connectivity index (χ3n) is 6.90.